The first-order valence-corrected chi connectivity index (χ1v) is 9.27. The van der Waals surface area contributed by atoms with E-state index in [0.717, 1.165) is 31.0 Å². The summed E-state index contributed by atoms with van der Waals surface area (Å²) >= 11 is 0. The maximum atomic E-state index is 11.9. The minimum absolute atomic E-state index is 0.0180. The molecule has 0 aromatic rings. The minimum atomic E-state index is -0.608. The van der Waals surface area contributed by atoms with Crippen LogP contribution in [0.4, 0.5) is 0 Å². The highest BCUT2D eigenvalue weighted by Crippen LogP contribution is 2.36. The van der Waals surface area contributed by atoms with Crippen molar-refractivity contribution < 1.29 is 9.53 Å². The topological polar surface area (TPSA) is 90.7 Å². The monoisotopic (exact) mass is 369 g/mol. The van der Waals surface area contributed by atoms with Crippen molar-refractivity contribution in [2.24, 2.45) is 16.5 Å². The van der Waals surface area contributed by atoms with Gasteiger partial charge >= 0.3 is 5.97 Å². The normalized spacial score (nSPS) is 19.2. The molecule has 0 heterocycles. The van der Waals surface area contributed by atoms with Crippen LogP contribution in [-0.4, -0.2) is 18.4 Å². The lowest BCUT2D eigenvalue weighted by Gasteiger charge is -2.12. The van der Waals surface area contributed by atoms with E-state index in [4.69, 9.17) is 16.2 Å². The number of amidine groups is 1. The van der Waals surface area contributed by atoms with E-state index in [1.807, 2.05) is 6.08 Å². The number of carbonyl (C=O) groups is 1. The van der Waals surface area contributed by atoms with E-state index in [9.17, 15) is 4.79 Å². The molecule has 5 heteroatoms. The maximum Gasteiger partial charge on any atom is 0.343 e. The van der Waals surface area contributed by atoms with E-state index in [-0.39, 0.29) is 18.0 Å². The third kappa shape index (κ3) is 5.84. The number of nitrogens with zero attached hydrogens (tertiary/aromatic N) is 1. The Morgan fingerprint density at radius 2 is 2.04 bits per heavy atom. The van der Waals surface area contributed by atoms with Gasteiger partial charge < -0.3 is 16.2 Å². The van der Waals surface area contributed by atoms with Gasteiger partial charge in [0.2, 0.25) is 0 Å². The molecule has 1 aliphatic carbocycles. The van der Waals surface area contributed by atoms with E-state index in [0.29, 0.717) is 5.70 Å². The molecule has 146 valence electrons. The molecule has 0 atom stereocenters. The average molecular weight is 370 g/mol. The standard InChI is InChI=1S/C22H31N3O2/c1-6-16-11-10-12-19(16)18(8-3)15(5)13-17(7-2)25-21(24)20(14-23)22(26)27-9-4/h6-7,13-14H,2,5,8-12,23H2,1,3-4H3,(H2,24,25)/b16-6-,17-13+,19-18+,20-14?. The summed E-state index contributed by atoms with van der Waals surface area (Å²) in [5.41, 5.74) is 16.8. The summed E-state index contributed by atoms with van der Waals surface area (Å²) in [5.74, 6) is -0.626. The van der Waals surface area contributed by atoms with Crippen LogP contribution in [0.25, 0.3) is 0 Å². The predicted molar refractivity (Wildman–Crippen MR) is 113 cm³/mol. The van der Waals surface area contributed by atoms with Gasteiger partial charge in [-0.3, -0.25) is 0 Å². The number of hydrogen-bond donors (Lipinski definition) is 2. The van der Waals surface area contributed by atoms with Crippen LogP contribution in [0.2, 0.25) is 0 Å². The van der Waals surface area contributed by atoms with E-state index in [2.05, 4.69) is 38.1 Å². The first-order valence-electron chi connectivity index (χ1n) is 9.27. The molecule has 1 saturated carbocycles. The average Bonchev–Trinajstić information content (AvgIpc) is 3.11. The molecule has 4 N–H and O–H groups in total. The Morgan fingerprint density at radius 1 is 1.33 bits per heavy atom. The molecular weight excluding hydrogens is 338 g/mol. The summed E-state index contributed by atoms with van der Waals surface area (Å²) in [7, 11) is 0. The van der Waals surface area contributed by atoms with Gasteiger partial charge in [-0.1, -0.05) is 26.2 Å². The van der Waals surface area contributed by atoms with Crippen LogP contribution in [0, 0.1) is 0 Å². The van der Waals surface area contributed by atoms with Crippen molar-refractivity contribution in [3.63, 3.8) is 0 Å². The Kier molecular flexibility index (Phi) is 9.06. The third-order valence-electron chi connectivity index (χ3n) is 4.43. The van der Waals surface area contributed by atoms with Crippen molar-refractivity contribution in [1.82, 2.24) is 0 Å². The highest BCUT2D eigenvalue weighted by atomic mass is 16.5. The fourth-order valence-corrected chi connectivity index (χ4v) is 3.13. The summed E-state index contributed by atoms with van der Waals surface area (Å²) in [6.45, 7) is 14.1. The molecule has 1 rings (SSSR count). The molecule has 0 radical (unpaired) electrons. The molecule has 0 aliphatic heterocycles. The van der Waals surface area contributed by atoms with E-state index < -0.39 is 5.97 Å². The first-order chi connectivity index (χ1) is 12.9. The smallest absolute Gasteiger partial charge is 0.343 e. The zero-order valence-corrected chi connectivity index (χ0v) is 16.7. The number of rotatable bonds is 8. The lowest BCUT2D eigenvalue weighted by molar-refractivity contribution is -0.137. The van der Waals surface area contributed by atoms with Crippen LogP contribution < -0.4 is 11.5 Å². The Morgan fingerprint density at radius 3 is 2.56 bits per heavy atom. The fraction of sp³-hybridized carbons (Fsp3) is 0.364. The molecular formula is C22H31N3O2. The highest BCUT2D eigenvalue weighted by molar-refractivity contribution is 6.18. The predicted octanol–water partition coefficient (Wildman–Crippen LogP) is 4.21. The Balaban J connectivity index is 3.21. The highest BCUT2D eigenvalue weighted by Gasteiger charge is 2.18. The number of nitrogens with two attached hydrogens (primary N) is 2. The van der Waals surface area contributed by atoms with Crippen LogP contribution in [-0.2, 0) is 9.53 Å². The van der Waals surface area contributed by atoms with Gasteiger partial charge in [-0.05, 0) is 74.0 Å². The third-order valence-corrected chi connectivity index (χ3v) is 4.43. The van der Waals surface area contributed by atoms with Crippen LogP contribution in [0.1, 0.15) is 46.5 Å². The van der Waals surface area contributed by atoms with Crippen LogP contribution in [0.3, 0.4) is 0 Å². The molecule has 0 spiro atoms. The Bertz CT molecular complexity index is 750. The lowest BCUT2D eigenvalue weighted by Crippen LogP contribution is -2.24. The van der Waals surface area contributed by atoms with E-state index >= 15 is 0 Å². The van der Waals surface area contributed by atoms with Gasteiger partial charge in [0.15, 0.2) is 0 Å². The zero-order valence-electron chi connectivity index (χ0n) is 16.7. The van der Waals surface area contributed by atoms with Gasteiger partial charge in [-0.15, -0.1) is 0 Å². The SMILES string of the molecule is C=C/C(=C\C(=C)/C(CC)=C1\CCC\C1=C\C)N=C(N)C(=CN)C(=O)OCC. The molecule has 0 saturated heterocycles. The van der Waals surface area contributed by atoms with Crippen LogP contribution in [0.15, 0.2) is 76.1 Å². The minimum Gasteiger partial charge on any atom is -0.462 e. The molecule has 5 nitrogen and oxygen atoms in total. The van der Waals surface area contributed by atoms with Crippen molar-refractivity contribution in [3.8, 4) is 0 Å². The van der Waals surface area contributed by atoms with Crippen molar-refractivity contribution in [2.75, 3.05) is 6.61 Å². The van der Waals surface area contributed by atoms with E-state index in [1.165, 1.54) is 23.1 Å². The van der Waals surface area contributed by atoms with Crippen LogP contribution in [0.5, 0.6) is 0 Å². The number of carbonyl (C=O) groups excluding carboxylic acids is 1. The molecule has 27 heavy (non-hydrogen) atoms. The van der Waals surface area contributed by atoms with Crippen molar-refractivity contribution in [1.29, 1.82) is 0 Å². The van der Waals surface area contributed by atoms with Gasteiger partial charge in [0.1, 0.15) is 11.4 Å². The molecule has 0 amide bonds. The molecule has 1 fully saturated rings. The van der Waals surface area contributed by atoms with Crippen LogP contribution >= 0.6 is 0 Å². The molecule has 0 aromatic heterocycles. The zero-order chi connectivity index (χ0) is 20.4. The van der Waals surface area contributed by atoms with Gasteiger partial charge in [-0.2, -0.15) is 0 Å². The van der Waals surface area contributed by atoms with Crippen molar-refractivity contribution in [3.05, 3.63) is 71.1 Å². The summed E-state index contributed by atoms with van der Waals surface area (Å²) in [6, 6.07) is 0. The summed E-state index contributed by atoms with van der Waals surface area (Å²) in [4.78, 5) is 16.2. The number of hydrogen-bond acceptors (Lipinski definition) is 4. The molecule has 0 aromatic carbocycles. The fourth-order valence-electron chi connectivity index (χ4n) is 3.13. The Labute approximate surface area is 162 Å². The lowest BCUT2D eigenvalue weighted by atomic mass is 9.94. The van der Waals surface area contributed by atoms with Gasteiger partial charge in [0.05, 0.1) is 12.3 Å². The number of esters is 1. The van der Waals surface area contributed by atoms with Crippen molar-refractivity contribution >= 4 is 11.8 Å². The van der Waals surface area contributed by atoms with E-state index in [1.54, 1.807) is 13.0 Å². The summed E-state index contributed by atoms with van der Waals surface area (Å²) in [6.07, 6.45) is 10.9. The maximum absolute atomic E-state index is 11.9. The first kappa shape index (κ1) is 22.2. The second kappa shape index (κ2) is 11.0. The van der Waals surface area contributed by atoms with Crippen molar-refractivity contribution in [2.45, 2.75) is 46.5 Å². The van der Waals surface area contributed by atoms with Gasteiger partial charge in [0.25, 0.3) is 0 Å². The molecule has 0 unspecified atom stereocenters. The number of ether oxygens (including phenoxy) is 1. The van der Waals surface area contributed by atoms with Gasteiger partial charge in [0, 0.05) is 6.20 Å². The van der Waals surface area contributed by atoms with Gasteiger partial charge in [-0.25, -0.2) is 9.79 Å². The number of aliphatic imine (C=N–C) groups is 1. The molecule has 1 aliphatic rings. The second-order valence-electron chi connectivity index (χ2n) is 6.07. The summed E-state index contributed by atoms with van der Waals surface area (Å²) < 4.78 is 4.94. The molecule has 0 bridgehead atoms. The number of allylic oxidation sites excluding steroid dienone is 7. The second-order valence-corrected chi connectivity index (χ2v) is 6.07. The Hall–Kier alpha value is -2.82. The largest absolute Gasteiger partial charge is 0.462 e. The quantitative estimate of drug-likeness (QED) is 0.220. The summed E-state index contributed by atoms with van der Waals surface area (Å²) in [5, 5.41) is 0.